The van der Waals surface area contributed by atoms with Crippen LogP contribution in [-0.2, 0) is 57.0 Å². The van der Waals surface area contributed by atoms with Gasteiger partial charge in [0.2, 0.25) is 0 Å². The van der Waals surface area contributed by atoms with Gasteiger partial charge in [-0.15, -0.1) is 0 Å². The third kappa shape index (κ3) is 11.9. The van der Waals surface area contributed by atoms with Crippen LogP contribution in [0.15, 0.2) is 0 Å². The molecule has 0 spiro atoms. The first-order valence-corrected chi connectivity index (χ1v) is 22.9. The van der Waals surface area contributed by atoms with Crippen LogP contribution in [0.5, 0.6) is 0 Å². The van der Waals surface area contributed by atoms with E-state index in [1.54, 1.807) is 41.7 Å². The van der Waals surface area contributed by atoms with Gasteiger partial charge in [-0.3, -0.25) is 19.3 Å². The average Bonchev–Trinajstić information content (AvgIpc) is 3.20. The number of likely N-dealkylation sites (N-methyl/N-ethyl adjacent to an activating group) is 1. The van der Waals surface area contributed by atoms with Gasteiger partial charge in [0.05, 0.1) is 60.3 Å². The van der Waals surface area contributed by atoms with E-state index in [4.69, 9.17) is 42.6 Å². The molecule has 0 radical (unpaired) electrons. The van der Waals surface area contributed by atoms with E-state index in [9.17, 15) is 24.6 Å². The standard InChI is InChI=1S/C46H82N2O14/c1-17-34-46(11,53)39(51)27(4)37(50)25(2)23-44(9,54-15)40(62-43-36(47(12)13)33(22-26(3)56-43)59-32-18-20-48(14)21-19-32)28(5)38(29(6)42(52)60-34)61-35-24-45(10,55-16)41(30(7)57-35)58-31(8)49/h25-30,32-36,38-41,43,51,53H,17-24H2,1-16H3/t25-,26-,27+,28+,29-,30+,33-,34-,35-,36+,38+,39-,40-,41+,43+,44+,45-,46-/m1/s1. The number of cyclic esters (lactones) is 1. The molecule has 4 rings (SSSR count). The Morgan fingerprint density at radius 2 is 1.48 bits per heavy atom. The molecule has 4 aliphatic rings. The molecule has 0 bridgehead atoms. The highest BCUT2D eigenvalue weighted by Gasteiger charge is 2.55. The Bertz CT molecular complexity index is 1480. The van der Waals surface area contributed by atoms with Crippen molar-refractivity contribution in [1.29, 1.82) is 0 Å². The van der Waals surface area contributed by atoms with Crippen LogP contribution in [-0.4, -0.2) is 177 Å². The Labute approximate surface area is 371 Å². The molecule has 0 unspecified atom stereocenters. The van der Waals surface area contributed by atoms with Crippen LogP contribution in [0.4, 0.5) is 0 Å². The summed E-state index contributed by atoms with van der Waals surface area (Å²) in [4.78, 5) is 45.3. The molecule has 0 aromatic carbocycles. The van der Waals surface area contributed by atoms with Gasteiger partial charge < -0.3 is 57.7 Å². The van der Waals surface area contributed by atoms with E-state index in [2.05, 4.69) is 16.8 Å². The molecule has 2 N–H and O–H groups in total. The van der Waals surface area contributed by atoms with E-state index in [1.807, 2.05) is 41.8 Å². The molecule has 18 atom stereocenters. The quantitative estimate of drug-likeness (QED) is 0.283. The minimum atomic E-state index is -1.97. The Morgan fingerprint density at radius 1 is 0.887 bits per heavy atom. The summed E-state index contributed by atoms with van der Waals surface area (Å²) in [5.41, 5.74) is -4.23. The van der Waals surface area contributed by atoms with Gasteiger partial charge in [0.15, 0.2) is 18.7 Å². The number of carbonyl (C=O) groups excluding carboxylic acids is 3. The van der Waals surface area contributed by atoms with E-state index in [0.29, 0.717) is 6.42 Å². The summed E-state index contributed by atoms with van der Waals surface area (Å²) in [7, 11) is 9.18. The smallest absolute Gasteiger partial charge is 0.311 e. The lowest BCUT2D eigenvalue weighted by molar-refractivity contribution is -0.319. The van der Waals surface area contributed by atoms with Crippen molar-refractivity contribution in [3.8, 4) is 0 Å². The molecule has 0 aliphatic carbocycles. The van der Waals surface area contributed by atoms with Crippen molar-refractivity contribution in [3.05, 3.63) is 0 Å². The second-order valence-corrected chi connectivity index (χ2v) is 19.8. The number of likely N-dealkylation sites (tertiary alicyclic amines) is 1. The van der Waals surface area contributed by atoms with Gasteiger partial charge in [0.1, 0.15) is 23.1 Å². The summed E-state index contributed by atoms with van der Waals surface area (Å²) in [5.74, 6) is -4.86. The highest BCUT2D eigenvalue weighted by atomic mass is 16.7. The molecule has 16 heteroatoms. The number of piperidine rings is 1. The average molecular weight is 887 g/mol. The van der Waals surface area contributed by atoms with Crippen molar-refractivity contribution in [2.45, 2.75) is 205 Å². The molecular weight excluding hydrogens is 805 g/mol. The number of ketones is 1. The third-order valence-corrected chi connectivity index (χ3v) is 14.5. The van der Waals surface area contributed by atoms with Crippen molar-refractivity contribution in [1.82, 2.24) is 9.80 Å². The maximum absolute atomic E-state index is 14.5. The largest absolute Gasteiger partial charge is 0.459 e. The lowest BCUT2D eigenvalue weighted by Crippen LogP contribution is -2.62. The van der Waals surface area contributed by atoms with E-state index in [-0.39, 0.29) is 49.4 Å². The minimum absolute atomic E-state index is 0.0832. The number of esters is 2. The number of ether oxygens (including phenoxy) is 9. The third-order valence-electron chi connectivity index (χ3n) is 14.5. The summed E-state index contributed by atoms with van der Waals surface area (Å²) in [6.07, 6.45) is -5.30. The number of hydrogen-bond donors (Lipinski definition) is 2. The monoisotopic (exact) mass is 887 g/mol. The number of rotatable bonds is 11. The lowest BCUT2D eigenvalue weighted by atomic mass is 9.74. The molecule has 0 amide bonds. The zero-order chi connectivity index (χ0) is 46.6. The fourth-order valence-electron chi connectivity index (χ4n) is 10.5. The number of aliphatic hydroxyl groups is 2. The zero-order valence-corrected chi connectivity index (χ0v) is 40.6. The van der Waals surface area contributed by atoms with E-state index in [1.165, 1.54) is 21.0 Å². The van der Waals surface area contributed by atoms with Gasteiger partial charge in [-0.2, -0.15) is 0 Å². The summed E-state index contributed by atoms with van der Waals surface area (Å²) in [5, 5.41) is 23.4. The molecule has 4 saturated heterocycles. The highest BCUT2D eigenvalue weighted by Crippen LogP contribution is 2.43. The van der Waals surface area contributed by atoms with E-state index < -0.39 is 102 Å². The molecule has 0 aromatic heterocycles. The Kier molecular flexibility index (Phi) is 18.4. The maximum atomic E-state index is 14.5. The molecule has 16 nitrogen and oxygen atoms in total. The first-order valence-electron chi connectivity index (χ1n) is 22.9. The van der Waals surface area contributed by atoms with Crippen LogP contribution in [0.1, 0.15) is 115 Å². The van der Waals surface area contributed by atoms with Crippen LogP contribution in [0.25, 0.3) is 0 Å². The lowest BCUT2D eigenvalue weighted by Gasteiger charge is -2.51. The van der Waals surface area contributed by atoms with E-state index in [0.717, 1.165) is 25.9 Å². The van der Waals surface area contributed by atoms with Crippen molar-refractivity contribution >= 4 is 17.7 Å². The summed E-state index contributed by atoms with van der Waals surface area (Å²) < 4.78 is 58.5. The maximum Gasteiger partial charge on any atom is 0.311 e. The number of aliphatic hydroxyl groups excluding tert-OH is 1. The molecule has 360 valence electrons. The molecule has 62 heavy (non-hydrogen) atoms. The van der Waals surface area contributed by atoms with Gasteiger partial charge >= 0.3 is 11.9 Å². The predicted molar refractivity (Wildman–Crippen MR) is 230 cm³/mol. The normalized spacial score (nSPS) is 45.0. The van der Waals surface area contributed by atoms with Crippen LogP contribution in [0.2, 0.25) is 0 Å². The van der Waals surface area contributed by atoms with Gasteiger partial charge in [-0.25, -0.2) is 0 Å². The Balaban J connectivity index is 1.86. The number of hydrogen-bond acceptors (Lipinski definition) is 16. The van der Waals surface area contributed by atoms with Crippen LogP contribution < -0.4 is 0 Å². The predicted octanol–water partition coefficient (Wildman–Crippen LogP) is 4.13. The van der Waals surface area contributed by atoms with Gasteiger partial charge in [0, 0.05) is 64.8 Å². The van der Waals surface area contributed by atoms with Crippen molar-refractivity contribution in [2.24, 2.45) is 23.7 Å². The van der Waals surface area contributed by atoms with Gasteiger partial charge in [-0.1, -0.05) is 27.7 Å². The number of nitrogens with zero attached hydrogens (tertiary/aromatic N) is 2. The number of Topliss-reactive ketones (excluding diaryl/α,β-unsaturated/α-hetero) is 1. The summed E-state index contributed by atoms with van der Waals surface area (Å²) in [6.45, 7) is 20.8. The number of carbonyl (C=O) groups is 3. The van der Waals surface area contributed by atoms with Crippen molar-refractivity contribution < 1.29 is 67.2 Å². The van der Waals surface area contributed by atoms with Crippen molar-refractivity contribution in [3.63, 3.8) is 0 Å². The topological polar surface area (TPSA) is 181 Å². The molecule has 0 aromatic rings. The molecular formula is C46H82N2O14. The summed E-state index contributed by atoms with van der Waals surface area (Å²) >= 11 is 0. The van der Waals surface area contributed by atoms with Crippen LogP contribution >= 0.6 is 0 Å². The fourth-order valence-corrected chi connectivity index (χ4v) is 10.5. The van der Waals surface area contributed by atoms with Crippen LogP contribution in [0, 0.1) is 23.7 Å². The van der Waals surface area contributed by atoms with Crippen LogP contribution in [0.3, 0.4) is 0 Å². The Hall–Kier alpha value is -1.83. The van der Waals surface area contributed by atoms with Gasteiger partial charge in [-0.05, 0) is 88.4 Å². The molecule has 4 heterocycles. The fraction of sp³-hybridized carbons (Fsp3) is 0.935. The SMILES string of the molecule is CC[C@H]1OC(=O)[C@H](C)[C@@H](O[C@@H]2C[C@@](C)(OC)[C@@H](OC(C)=O)[C@H](C)O2)[C@H](C)[C@@H](O[C@@H]2O[C@H](C)C[C@@H](OC3CCN(C)CC3)[C@@H]2N(C)C)[C@@](C)(OC)C[C@@H](C)C(=O)[C@H](C)[C@@H](O)[C@]1(C)O. The minimum Gasteiger partial charge on any atom is -0.459 e. The Morgan fingerprint density at radius 3 is 2.03 bits per heavy atom. The van der Waals surface area contributed by atoms with E-state index >= 15 is 0 Å². The molecule has 4 fully saturated rings. The highest BCUT2D eigenvalue weighted by molar-refractivity contribution is 5.83. The van der Waals surface area contributed by atoms with Gasteiger partial charge in [0.25, 0.3) is 0 Å². The van der Waals surface area contributed by atoms with Crippen molar-refractivity contribution in [2.75, 3.05) is 48.5 Å². The second-order valence-electron chi connectivity index (χ2n) is 19.8. The second kappa shape index (κ2) is 21.6. The summed E-state index contributed by atoms with van der Waals surface area (Å²) in [6, 6.07) is -0.348. The molecule has 0 saturated carbocycles. The first-order chi connectivity index (χ1) is 28.8. The number of methoxy groups -OCH3 is 2. The molecule has 4 aliphatic heterocycles. The first kappa shape index (κ1) is 52.8. The zero-order valence-electron chi connectivity index (χ0n) is 40.6.